The van der Waals surface area contributed by atoms with Gasteiger partial charge in [0.2, 0.25) is 0 Å². The van der Waals surface area contributed by atoms with Crippen molar-refractivity contribution < 1.29 is 8.42 Å². The third-order valence-corrected chi connectivity index (χ3v) is 5.16. The molecule has 0 amide bonds. The number of halogens is 1. The summed E-state index contributed by atoms with van der Waals surface area (Å²) in [7, 11) is -2.05. The van der Waals surface area contributed by atoms with E-state index in [4.69, 9.17) is 11.6 Å². The maximum Gasteiger partial charge on any atom is 0.267 e. The fraction of sp³-hybridized carbons (Fsp3) is 0.357. The zero-order valence-electron chi connectivity index (χ0n) is 12.0. The molecule has 0 fully saturated rings. The van der Waals surface area contributed by atoms with Gasteiger partial charge < -0.3 is 0 Å². The number of rotatable bonds is 6. The van der Waals surface area contributed by atoms with E-state index in [0.29, 0.717) is 18.1 Å². The zero-order chi connectivity index (χ0) is 15.5. The molecule has 0 aliphatic heterocycles. The lowest BCUT2D eigenvalue weighted by Crippen LogP contribution is -2.26. The molecule has 0 N–H and O–H groups in total. The summed E-state index contributed by atoms with van der Waals surface area (Å²) < 4.78 is 28.0. The molecule has 0 aliphatic carbocycles. The van der Waals surface area contributed by atoms with Gasteiger partial charge in [-0.25, -0.2) is 8.42 Å². The fourth-order valence-electron chi connectivity index (χ4n) is 1.94. The Balaban J connectivity index is 2.26. The summed E-state index contributed by atoms with van der Waals surface area (Å²) >= 11 is 5.63. The van der Waals surface area contributed by atoms with Crippen molar-refractivity contribution in [3.8, 4) is 0 Å². The zero-order valence-corrected chi connectivity index (χ0v) is 13.6. The fourth-order valence-corrected chi connectivity index (χ4v) is 3.20. The number of sulfonamides is 1. The van der Waals surface area contributed by atoms with Crippen molar-refractivity contribution >= 4 is 27.3 Å². The number of benzene rings is 1. The largest absolute Gasteiger partial charge is 0.271 e. The van der Waals surface area contributed by atoms with Crippen LogP contribution in [0.4, 0.5) is 5.69 Å². The Morgan fingerprint density at radius 2 is 2.14 bits per heavy atom. The van der Waals surface area contributed by atoms with Crippen LogP contribution in [0, 0.1) is 6.92 Å². The number of aromatic nitrogens is 2. The molecule has 0 bridgehead atoms. The van der Waals surface area contributed by atoms with Gasteiger partial charge in [-0.05, 0) is 31.0 Å². The van der Waals surface area contributed by atoms with Crippen LogP contribution >= 0.6 is 11.6 Å². The summed E-state index contributed by atoms with van der Waals surface area (Å²) in [6, 6.07) is 7.35. The summed E-state index contributed by atoms with van der Waals surface area (Å²) in [6.45, 7) is 2.53. The lowest BCUT2D eigenvalue weighted by Gasteiger charge is -2.18. The molecule has 0 radical (unpaired) electrons. The number of alkyl halides is 1. The topological polar surface area (TPSA) is 55.2 Å². The molecular formula is C14H18ClN3O2S. The smallest absolute Gasteiger partial charge is 0.267 e. The third-order valence-electron chi connectivity index (χ3n) is 3.15. The standard InChI is InChI=1S/C14H18ClN3O2S/c1-12-5-3-6-13(9-12)17(2)21(19,20)14-10-16-18(11-14)8-4-7-15/h3,5-6,9-11H,4,7-8H2,1-2H3. The molecule has 0 unspecified atom stereocenters. The minimum atomic E-state index is -3.60. The van der Waals surface area contributed by atoms with Crippen LogP contribution in [0.25, 0.3) is 0 Å². The van der Waals surface area contributed by atoms with E-state index in [2.05, 4.69) is 5.10 Å². The van der Waals surface area contributed by atoms with E-state index >= 15 is 0 Å². The van der Waals surface area contributed by atoms with E-state index in [-0.39, 0.29) is 4.90 Å². The summed E-state index contributed by atoms with van der Waals surface area (Å²) in [5, 5.41) is 4.07. The number of anilines is 1. The Morgan fingerprint density at radius 1 is 1.38 bits per heavy atom. The SMILES string of the molecule is Cc1cccc(N(C)S(=O)(=O)c2cnn(CCCCl)c2)c1. The van der Waals surface area contributed by atoms with E-state index in [9.17, 15) is 8.42 Å². The second-order valence-electron chi connectivity index (χ2n) is 4.79. The van der Waals surface area contributed by atoms with Gasteiger partial charge in [0, 0.05) is 25.7 Å². The number of hydrogen-bond donors (Lipinski definition) is 0. The highest BCUT2D eigenvalue weighted by Crippen LogP contribution is 2.22. The molecule has 2 aromatic rings. The van der Waals surface area contributed by atoms with Gasteiger partial charge >= 0.3 is 0 Å². The molecule has 0 saturated carbocycles. The second-order valence-corrected chi connectivity index (χ2v) is 7.14. The van der Waals surface area contributed by atoms with Crippen LogP contribution in [-0.4, -0.2) is 31.1 Å². The first kappa shape index (κ1) is 15.9. The van der Waals surface area contributed by atoms with E-state index < -0.39 is 10.0 Å². The Morgan fingerprint density at radius 3 is 2.81 bits per heavy atom. The summed E-state index contributed by atoms with van der Waals surface area (Å²) in [6.07, 6.45) is 3.65. The Hall–Kier alpha value is -1.53. The molecule has 1 heterocycles. The van der Waals surface area contributed by atoms with E-state index in [0.717, 1.165) is 12.0 Å². The molecule has 7 heteroatoms. The Labute approximate surface area is 130 Å². The predicted molar refractivity (Wildman–Crippen MR) is 84.3 cm³/mol. The maximum atomic E-state index is 12.6. The molecule has 0 aliphatic rings. The third kappa shape index (κ3) is 3.57. The number of hydrogen-bond acceptors (Lipinski definition) is 3. The average molecular weight is 328 g/mol. The average Bonchev–Trinajstić information content (AvgIpc) is 2.93. The highest BCUT2D eigenvalue weighted by atomic mass is 35.5. The van der Waals surface area contributed by atoms with Crippen LogP contribution in [0.3, 0.4) is 0 Å². The molecule has 0 saturated heterocycles. The van der Waals surface area contributed by atoms with Gasteiger partial charge in [-0.2, -0.15) is 5.10 Å². The predicted octanol–water partition coefficient (Wildman–Crippen LogP) is 2.65. The van der Waals surface area contributed by atoms with Gasteiger partial charge in [0.25, 0.3) is 10.0 Å². The number of nitrogens with zero attached hydrogens (tertiary/aromatic N) is 3. The van der Waals surface area contributed by atoms with Crippen LogP contribution in [0.5, 0.6) is 0 Å². The molecule has 0 atom stereocenters. The van der Waals surface area contributed by atoms with Crippen LogP contribution in [0.15, 0.2) is 41.6 Å². The Bertz CT molecular complexity index is 713. The first-order chi connectivity index (χ1) is 9.95. The molecule has 2 rings (SSSR count). The van der Waals surface area contributed by atoms with Crippen molar-refractivity contribution in [3.05, 3.63) is 42.2 Å². The summed E-state index contributed by atoms with van der Waals surface area (Å²) in [5.41, 5.74) is 1.64. The van der Waals surface area contributed by atoms with Crippen molar-refractivity contribution in [1.29, 1.82) is 0 Å². The minimum Gasteiger partial charge on any atom is -0.271 e. The molecule has 114 valence electrons. The van der Waals surface area contributed by atoms with Gasteiger partial charge in [0.1, 0.15) is 4.90 Å². The maximum absolute atomic E-state index is 12.6. The minimum absolute atomic E-state index is 0.182. The van der Waals surface area contributed by atoms with Crippen LogP contribution in [0.1, 0.15) is 12.0 Å². The normalized spacial score (nSPS) is 11.6. The van der Waals surface area contributed by atoms with Gasteiger partial charge in [-0.3, -0.25) is 8.99 Å². The second kappa shape index (κ2) is 6.49. The number of aryl methyl sites for hydroxylation is 2. The molecule has 21 heavy (non-hydrogen) atoms. The van der Waals surface area contributed by atoms with Gasteiger partial charge in [-0.15, -0.1) is 11.6 Å². The van der Waals surface area contributed by atoms with Gasteiger partial charge in [0.05, 0.1) is 11.9 Å². The molecular weight excluding hydrogens is 310 g/mol. The first-order valence-electron chi connectivity index (χ1n) is 6.59. The molecule has 0 spiro atoms. The van der Waals surface area contributed by atoms with Crippen LogP contribution in [-0.2, 0) is 16.6 Å². The van der Waals surface area contributed by atoms with Crippen molar-refractivity contribution in [2.75, 3.05) is 17.2 Å². The van der Waals surface area contributed by atoms with E-state index in [1.807, 2.05) is 25.1 Å². The highest BCUT2D eigenvalue weighted by molar-refractivity contribution is 7.92. The van der Waals surface area contributed by atoms with Gasteiger partial charge in [-0.1, -0.05) is 12.1 Å². The van der Waals surface area contributed by atoms with Gasteiger partial charge in [0.15, 0.2) is 0 Å². The van der Waals surface area contributed by atoms with E-state index in [1.165, 1.54) is 16.7 Å². The van der Waals surface area contributed by atoms with Crippen molar-refractivity contribution in [2.45, 2.75) is 24.8 Å². The highest BCUT2D eigenvalue weighted by Gasteiger charge is 2.23. The quantitative estimate of drug-likeness (QED) is 0.766. The lowest BCUT2D eigenvalue weighted by atomic mass is 10.2. The van der Waals surface area contributed by atoms with Crippen molar-refractivity contribution in [2.24, 2.45) is 0 Å². The van der Waals surface area contributed by atoms with Crippen LogP contribution in [0.2, 0.25) is 0 Å². The van der Waals surface area contributed by atoms with E-state index in [1.54, 1.807) is 17.8 Å². The molecule has 1 aromatic heterocycles. The summed E-state index contributed by atoms with van der Waals surface area (Å²) in [5.74, 6) is 0.519. The Kier molecular flexibility index (Phi) is 4.90. The molecule has 5 nitrogen and oxygen atoms in total. The first-order valence-corrected chi connectivity index (χ1v) is 8.56. The monoisotopic (exact) mass is 327 g/mol. The van der Waals surface area contributed by atoms with Crippen LogP contribution < -0.4 is 4.31 Å². The molecule has 1 aromatic carbocycles. The van der Waals surface area contributed by atoms with Crippen molar-refractivity contribution in [1.82, 2.24) is 9.78 Å². The van der Waals surface area contributed by atoms with Crippen molar-refractivity contribution in [3.63, 3.8) is 0 Å². The lowest BCUT2D eigenvalue weighted by molar-refractivity contribution is 0.591. The summed E-state index contributed by atoms with van der Waals surface area (Å²) in [4.78, 5) is 0.182.